The maximum absolute atomic E-state index is 12.9. The highest BCUT2D eigenvalue weighted by atomic mass is 19.4. The van der Waals surface area contributed by atoms with Crippen molar-refractivity contribution in [2.45, 2.75) is 6.18 Å². The number of nitrogens with one attached hydrogen (secondary N) is 2. The van der Waals surface area contributed by atoms with E-state index in [1.807, 2.05) is 0 Å². The Labute approximate surface area is 187 Å². The lowest BCUT2D eigenvalue weighted by Gasteiger charge is -2.10. The SMILES string of the molecule is CNC(=O)c1cc(Oc2cccc(/C=C/C(=O)Nc3cc(N)cc(C(F)(F)F)c3)c2)ccn1. The van der Waals surface area contributed by atoms with Gasteiger partial charge in [0, 0.05) is 36.8 Å². The van der Waals surface area contributed by atoms with Crippen molar-refractivity contribution >= 4 is 29.3 Å². The Morgan fingerprint density at radius 2 is 1.82 bits per heavy atom. The van der Waals surface area contributed by atoms with E-state index in [2.05, 4.69) is 15.6 Å². The van der Waals surface area contributed by atoms with Crippen molar-refractivity contribution in [1.82, 2.24) is 10.3 Å². The molecule has 0 fully saturated rings. The topological polar surface area (TPSA) is 106 Å². The zero-order chi connectivity index (χ0) is 24.0. The van der Waals surface area contributed by atoms with Crippen LogP contribution in [-0.2, 0) is 11.0 Å². The highest BCUT2D eigenvalue weighted by Gasteiger charge is 2.31. The second kappa shape index (κ2) is 9.86. The predicted molar refractivity (Wildman–Crippen MR) is 118 cm³/mol. The van der Waals surface area contributed by atoms with E-state index in [1.165, 1.54) is 37.5 Å². The van der Waals surface area contributed by atoms with Crippen LogP contribution in [0.3, 0.4) is 0 Å². The molecule has 2 aromatic carbocycles. The number of anilines is 2. The van der Waals surface area contributed by atoms with Crippen LogP contribution in [0.2, 0.25) is 0 Å². The summed E-state index contributed by atoms with van der Waals surface area (Å²) in [6.45, 7) is 0. The number of halogens is 3. The number of carbonyl (C=O) groups excluding carboxylic acids is 2. The van der Waals surface area contributed by atoms with Gasteiger partial charge in [0.2, 0.25) is 5.91 Å². The Morgan fingerprint density at radius 1 is 1.06 bits per heavy atom. The molecule has 1 heterocycles. The number of rotatable bonds is 6. The van der Waals surface area contributed by atoms with Crippen LogP contribution < -0.4 is 21.1 Å². The third-order valence-electron chi connectivity index (χ3n) is 4.26. The number of nitrogens with zero attached hydrogens (tertiary/aromatic N) is 1. The molecule has 0 aliphatic carbocycles. The van der Waals surface area contributed by atoms with Crippen molar-refractivity contribution < 1.29 is 27.5 Å². The number of nitrogens with two attached hydrogens (primary N) is 1. The first kappa shape index (κ1) is 23.3. The van der Waals surface area contributed by atoms with Crippen molar-refractivity contribution in [3.63, 3.8) is 0 Å². The van der Waals surface area contributed by atoms with Crippen LogP contribution >= 0.6 is 0 Å². The standard InChI is InChI=1S/C23H19F3N4O3/c1-28-22(32)20-13-19(7-8-29-20)33-18-4-2-3-14(9-18)5-6-21(31)30-17-11-15(23(24,25)26)10-16(27)12-17/h2-13H,27H2,1H3,(H,28,32)(H,30,31)/b6-5+. The molecule has 33 heavy (non-hydrogen) atoms. The Morgan fingerprint density at radius 3 is 2.55 bits per heavy atom. The van der Waals surface area contributed by atoms with Crippen molar-refractivity contribution in [3.05, 3.63) is 83.7 Å². The first-order valence-electron chi connectivity index (χ1n) is 9.57. The van der Waals surface area contributed by atoms with Gasteiger partial charge in [0.15, 0.2) is 0 Å². The molecule has 0 saturated carbocycles. The molecule has 1 aromatic heterocycles. The van der Waals surface area contributed by atoms with Crippen LogP contribution in [0.5, 0.6) is 11.5 Å². The molecule has 0 aliphatic heterocycles. The van der Waals surface area contributed by atoms with Gasteiger partial charge in [-0.2, -0.15) is 13.2 Å². The minimum atomic E-state index is -4.58. The summed E-state index contributed by atoms with van der Waals surface area (Å²) in [5.41, 5.74) is 5.15. The monoisotopic (exact) mass is 456 g/mol. The summed E-state index contributed by atoms with van der Waals surface area (Å²) >= 11 is 0. The van der Waals surface area contributed by atoms with E-state index in [0.717, 1.165) is 12.1 Å². The van der Waals surface area contributed by atoms with Gasteiger partial charge >= 0.3 is 6.18 Å². The maximum atomic E-state index is 12.9. The smallest absolute Gasteiger partial charge is 0.416 e. The number of ether oxygens (including phenoxy) is 1. The lowest BCUT2D eigenvalue weighted by atomic mass is 10.1. The van der Waals surface area contributed by atoms with E-state index < -0.39 is 17.6 Å². The van der Waals surface area contributed by atoms with Crippen LogP contribution in [0.25, 0.3) is 6.08 Å². The summed E-state index contributed by atoms with van der Waals surface area (Å²) in [6, 6.07) is 12.6. The highest BCUT2D eigenvalue weighted by Crippen LogP contribution is 2.32. The van der Waals surface area contributed by atoms with E-state index in [0.29, 0.717) is 17.1 Å². The van der Waals surface area contributed by atoms with E-state index >= 15 is 0 Å². The molecular weight excluding hydrogens is 437 g/mol. The lowest BCUT2D eigenvalue weighted by Crippen LogP contribution is -2.18. The van der Waals surface area contributed by atoms with Gasteiger partial charge in [-0.15, -0.1) is 0 Å². The number of alkyl halides is 3. The number of pyridine rings is 1. The van der Waals surface area contributed by atoms with Gasteiger partial charge in [-0.05, 0) is 48.0 Å². The number of benzene rings is 2. The summed E-state index contributed by atoms with van der Waals surface area (Å²) < 4.78 is 44.5. The molecule has 7 nitrogen and oxygen atoms in total. The largest absolute Gasteiger partial charge is 0.457 e. The van der Waals surface area contributed by atoms with E-state index in [1.54, 1.807) is 30.3 Å². The van der Waals surface area contributed by atoms with Gasteiger partial charge < -0.3 is 21.1 Å². The van der Waals surface area contributed by atoms with Gasteiger partial charge in [-0.1, -0.05) is 12.1 Å². The van der Waals surface area contributed by atoms with E-state index in [9.17, 15) is 22.8 Å². The lowest BCUT2D eigenvalue weighted by molar-refractivity contribution is -0.137. The summed E-state index contributed by atoms with van der Waals surface area (Å²) in [6.07, 6.45) is -0.497. The molecule has 170 valence electrons. The number of amides is 2. The first-order chi connectivity index (χ1) is 15.6. The second-order valence-electron chi connectivity index (χ2n) is 6.79. The molecule has 0 spiro atoms. The molecule has 0 bridgehead atoms. The number of aromatic nitrogens is 1. The second-order valence-corrected chi connectivity index (χ2v) is 6.79. The number of hydrogen-bond donors (Lipinski definition) is 3. The van der Waals surface area contributed by atoms with Gasteiger partial charge in [0.1, 0.15) is 17.2 Å². The average Bonchev–Trinajstić information content (AvgIpc) is 2.76. The molecule has 3 aromatic rings. The van der Waals surface area contributed by atoms with Crippen LogP contribution in [0.1, 0.15) is 21.6 Å². The summed E-state index contributed by atoms with van der Waals surface area (Å²) in [7, 11) is 1.49. The molecule has 3 rings (SSSR count). The normalized spacial score (nSPS) is 11.3. The van der Waals surface area contributed by atoms with Gasteiger partial charge in [0.05, 0.1) is 5.56 Å². The molecular formula is C23H19F3N4O3. The third kappa shape index (κ3) is 6.57. The molecule has 0 unspecified atom stereocenters. The maximum Gasteiger partial charge on any atom is 0.416 e. The fourth-order valence-electron chi connectivity index (χ4n) is 2.79. The quantitative estimate of drug-likeness (QED) is 0.374. The highest BCUT2D eigenvalue weighted by molar-refractivity contribution is 6.02. The predicted octanol–water partition coefficient (Wildman–Crippen LogP) is 4.49. The summed E-state index contributed by atoms with van der Waals surface area (Å²) in [4.78, 5) is 27.8. The van der Waals surface area contributed by atoms with Crippen LogP contribution in [0, 0.1) is 0 Å². The fourth-order valence-corrected chi connectivity index (χ4v) is 2.79. The van der Waals surface area contributed by atoms with Crippen molar-refractivity contribution in [2.24, 2.45) is 0 Å². The zero-order valence-electron chi connectivity index (χ0n) is 17.3. The van der Waals surface area contributed by atoms with Gasteiger partial charge in [-0.25, -0.2) is 0 Å². The Bertz CT molecular complexity index is 1210. The summed E-state index contributed by atoms with van der Waals surface area (Å²) in [5, 5.41) is 4.83. The first-order valence-corrected chi connectivity index (χ1v) is 9.57. The van der Waals surface area contributed by atoms with E-state index in [4.69, 9.17) is 10.5 Å². The summed E-state index contributed by atoms with van der Waals surface area (Å²) in [5.74, 6) is -0.156. The number of hydrogen-bond acceptors (Lipinski definition) is 5. The van der Waals surface area contributed by atoms with Gasteiger partial charge in [-0.3, -0.25) is 14.6 Å². The van der Waals surface area contributed by atoms with Gasteiger partial charge in [0.25, 0.3) is 5.91 Å². The fraction of sp³-hybridized carbons (Fsp3) is 0.0870. The zero-order valence-corrected chi connectivity index (χ0v) is 17.3. The van der Waals surface area contributed by atoms with Crippen LogP contribution in [0.15, 0.2) is 66.9 Å². The molecule has 0 saturated heterocycles. The number of carbonyl (C=O) groups is 2. The molecule has 0 radical (unpaired) electrons. The molecule has 4 N–H and O–H groups in total. The van der Waals surface area contributed by atoms with Crippen molar-refractivity contribution in [2.75, 3.05) is 18.1 Å². The number of nitrogen functional groups attached to an aromatic ring is 1. The third-order valence-corrected chi connectivity index (χ3v) is 4.26. The Hall–Kier alpha value is -4.34. The minimum absolute atomic E-state index is 0.0707. The molecule has 2 amide bonds. The van der Waals surface area contributed by atoms with Crippen LogP contribution in [0.4, 0.5) is 24.5 Å². The Kier molecular flexibility index (Phi) is 6.97. The molecule has 0 aliphatic rings. The van der Waals surface area contributed by atoms with Crippen molar-refractivity contribution in [3.8, 4) is 11.5 Å². The van der Waals surface area contributed by atoms with Crippen LogP contribution in [-0.4, -0.2) is 23.8 Å². The molecule has 0 atom stereocenters. The minimum Gasteiger partial charge on any atom is -0.457 e. The van der Waals surface area contributed by atoms with Crippen molar-refractivity contribution in [1.29, 1.82) is 0 Å². The Balaban J connectivity index is 1.69. The molecule has 10 heteroatoms. The average molecular weight is 456 g/mol. The van der Waals surface area contributed by atoms with E-state index in [-0.39, 0.29) is 23.0 Å².